The highest BCUT2D eigenvalue weighted by Gasteiger charge is 2.16. The molecule has 1 amide bonds. The lowest BCUT2D eigenvalue weighted by molar-refractivity contribution is -0.131. The monoisotopic (exact) mass is 410 g/mol. The number of ether oxygens (including phenoxy) is 2. The van der Waals surface area contributed by atoms with Crippen molar-refractivity contribution in [3.63, 3.8) is 0 Å². The molecule has 3 rings (SSSR count). The highest BCUT2D eigenvalue weighted by molar-refractivity contribution is 7.08. The van der Waals surface area contributed by atoms with Crippen molar-refractivity contribution in [2.45, 2.75) is 32.5 Å². The molecule has 0 aliphatic heterocycles. The van der Waals surface area contributed by atoms with Gasteiger partial charge in [-0.05, 0) is 64.7 Å². The van der Waals surface area contributed by atoms with Gasteiger partial charge in [-0.2, -0.15) is 11.3 Å². The summed E-state index contributed by atoms with van der Waals surface area (Å²) < 4.78 is 11.0. The summed E-state index contributed by atoms with van der Waals surface area (Å²) in [6, 6.07) is 13.8. The van der Waals surface area contributed by atoms with Crippen LogP contribution in [0.25, 0.3) is 0 Å². The van der Waals surface area contributed by atoms with Gasteiger partial charge in [-0.1, -0.05) is 12.1 Å². The van der Waals surface area contributed by atoms with Gasteiger partial charge < -0.3 is 14.4 Å². The number of amides is 1. The van der Waals surface area contributed by atoms with Crippen LogP contribution in [0.3, 0.4) is 0 Å². The van der Waals surface area contributed by atoms with Crippen molar-refractivity contribution in [2.75, 3.05) is 13.7 Å². The number of carbonyl (C=O) groups is 1. The lowest BCUT2D eigenvalue weighted by Gasteiger charge is -2.23. The molecule has 0 bridgehead atoms. The van der Waals surface area contributed by atoms with Gasteiger partial charge in [0.25, 0.3) is 0 Å². The van der Waals surface area contributed by atoms with E-state index in [1.54, 1.807) is 30.8 Å². The van der Waals surface area contributed by atoms with Crippen LogP contribution in [-0.2, 0) is 29.0 Å². The Morgan fingerprint density at radius 1 is 1.10 bits per heavy atom. The fourth-order valence-electron chi connectivity index (χ4n) is 3.06. The van der Waals surface area contributed by atoms with Gasteiger partial charge in [0.05, 0.1) is 13.0 Å². The zero-order valence-electron chi connectivity index (χ0n) is 16.8. The highest BCUT2D eigenvalue weighted by atomic mass is 32.1. The molecule has 0 unspecified atom stereocenters. The highest BCUT2D eigenvalue weighted by Crippen LogP contribution is 2.19. The molecular formula is C23H26N2O3S. The number of thiophene rings is 1. The Kier molecular flexibility index (Phi) is 7.78. The van der Waals surface area contributed by atoms with Gasteiger partial charge in [0.15, 0.2) is 0 Å². The average Bonchev–Trinajstić information content (AvgIpc) is 3.22. The number of hydrogen-bond donors (Lipinski definition) is 0. The molecule has 0 saturated carbocycles. The number of pyridine rings is 1. The Labute approximate surface area is 175 Å². The maximum absolute atomic E-state index is 13.0. The van der Waals surface area contributed by atoms with E-state index in [4.69, 9.17) is 9.47 Å². The Hall–Kier alpha value is -2.70. The number of benzene rings is 1. The van der Waals surface area contributed by atoms with Crippen molar-refractivity contribution in [3.8, 4) is 5.75 Å². The van der Waals surface area contributed by atoms with Crippen molar-refractivity contribution in [3.05, 3.63) is 82.3 Å². The molecule has 152 valence electrons. The van der Waals surface area contributed by atoms with Crippen LogP contribution < -0.4 is 4.74 Å². The van der Waals surface area contributed by atoms with Crippen LogP contribution in [-0.4, -0.2) is 35.6 Å². The van der Waals surface area contributed by atoms with Crippen LogP contribution in [0.4, 0.5) is 0 Å². The van der Waals surface area contributed by atoms with Gasteiger partial charge in [0.1, 0.15) is 11.9 Å². The molecule has 5 nitrogen and oxygen atoms in total. The fourth-order valence-corrected chi connectivity index (χ4v) is 3.73. The maximum atomic E-state index is 13.0. The van der Waals surface area contributed by atoms with E-state index in [-0.39, 0.29) is 12.0 Å². The van der Waals surface area contributed by atoms with Crippen molar-refractivity contribution < 1.29 is 14.3 Å². The van der Waals surface area contributed by atoms with Crippen LogP contribution in [0.5, 0.6) is 5.75 Å². The minimum Gasteiger partial charge on any atom is -0.488 e. The molecular weight excluding hydrogens is 384 g/mol. The number of nitrogens with zero attached hydrogens (tertiary/aromatic N) is 2. The standard InChI is InChI=1S/C23H26N2O3S/c1-18(16-27-2)28-22-5-3-4-20(12-22)15-25(14-19-6-9-24-10-7-19)23(26)13-21-8-11-29-17-21/h3-12,17-18H,13-16H2,1-2H3/t18-/m0/s1. The molecule has 0 spiro atoms. The molecule has 0 N–H and O–H groups in total. The number of carbonyl (C=O) groups excluding carboxylic acids is 1. The minimum absolute atomic E-state index is 0.0385. The molecule has 0 saturated heterocycles. The second-order valence-electron chi connectivity index (χ2n) is 6.94. The fraction of sp³-hybridized carbons (Fsp3) is 0.304. The number of aromatic nitrogens is 1. The zero-order chi connectivity index (χ0) is 20.5. The minimum atomic E-state index is -0.0385. The molecule has 0 aliphatic carbocycles. The third-order valence-corrected chi connectivity index (χ3v) is 5.15. The van der Waals surface area contributed by atoms with Crippen molar-refractivity contribution >= 4 is 17.2 Å². The quantitative estimate of drug-likeness (QED) is 0.499. The molecule has 0 fully saturated rings. The topological polar surface area (TPSA) is 51.7 Å². The SMILES string of the molecule is COC[C@H](C)Oc1cccc(CN(Cc2ccncc2)C(=O)Cc2ccsc2)c1. The normalized spacial score (nSPS) is 11.8. The van der Waals surface area contributed by atoms with Crippen LogP contribution in [0, 0.1) is 0 Å². The summed E-state index contributed by atoms with van der Waals surface area (Å²) >= 11 is 1.61. The van der Waals surface area contributed by atoms with Gasteiger partial charge in [-0.25, -0.2) is 0 Å². The predicted octanol–water partition coefficient (Wildman–Crippen LogP) is 4.33. The van der Waals surface area contributed by atoms with Crippen LogP contribution >= 0.6 is 11.3 Å². The van der Waals surface area contributed by atoms with Crippen LogP contribution in [0.15, 0.2) is 65.6 Å². The number of methoxy groups -OCH3 is 1. The Morgan fingerprint density at radius 2 is 1.90 bits per heavy atom. The summed E-state index contributed by atoms with van der Waals surface area (Å²) in [6.45, 7) is 3.55. The summed E-state index contributed by atoms with van der Waals surface area (Å²) in [7, 11) is 1.66. The lowest BCUT2D eigenvalue weighted by Crippen LogP contribution is -2.31. The molecule has 29 heavy (non-hydrogen) atoms. The van der Waals surface area contributed by atoms with E-state index in [1.807, 2.05) is 65.0 Å². The van der Waals surface area contributed by atoms with Crippen LogP contribution in [0.1, 0.15) is 23.6 Å². The largest absolute Gasteiger partial charge is 0.488 e. The second-order valence-corrected chi connectivity index (χ2v) is 7.72. The van der Waals surface area contributed by atoms with Gasteiger partial charge in [0.2, 0.25) is 5.91 Å². The molecule has 2 aromatic heterocycles. The first kappa shape index (κ1) is 21.0. The van der Waals surface area contributed by atoms with E-state index in [1.165, 1.54) is 0 Å². The molecule has 0 radical (unpaired) electrons. The number of hydrogen-bond acceptors (Lipinski definition) is 5. The first-order valence-corrected chi connectivity index (χ1v) is 10.5. The number of rotatable bonds is 10. The first-order chi connectivity index (χ1) is 14.1. The third-order valence-electron chi connectivity index (χ3n) is 4.42. The van der Waals surface area contributed by atoms with Crippen molar-refractivity contribution in [1.29, 1.82) is 0 Å². The summed E-state index contributed by atoms with van der Waals surface area (Å²) in [5, 5.41) is 4.02. The second kappa shape index (κ2) is 10.7. The van der Waals surface area contributed by atoms with Gasteiger partial charge in [0, 0.05) is 32.6 Å². The van der Waals surface area contributed by atoms with Gasteiger partial charge in [-0.15, -0.1) is 0 Å². The van der Waals surface area contributed by atoms with E-state index in [0.29, 0.717) is 26.1 Å². The van der Waals surface area contributed by atoms with E-state index in [9.17, 15) is 4.79 Å². The van der Waals surface area contributed by atoms with Crippen molar-refractivity contribution in [2.24, 2.45) is 0 Å². The van der Waals surface area contributed by atoms with Crippen molar-refractivity contribution in [1.82, 2.24) is 9.88 Å². The Bertz CT molecular complexity index is 884. The van der Waals surface area contributed by atoms with E-state index in [0.717, 1.165) is 22.4 Å². The summed E-state index contributed by atoms with van der Waals surface area (Å²) in [5.41, 5.74) is 3.13. The van der Waals surface area contributed by atoms with Gasteiger partial charge >= 0.3 is 0 Å². The van der Waals surface area contributed by atoms with Gasteiger partial charge in [-0.3, -0.25) is 9.78 Å². The molecule has 2 heterocycles. The Morgan fingerprint density at radius 3 is 2.62 bits per heavy atom. The first-order valence-electron chi connectivity index (χ1n) is 9.56. The molecule has 0 aliphatic rings. The predicted molar refractivity (Wildman–Crippen MR) is 115 cm³/mol. The maximum Gasteiger partial charge on any atom is 0.227 e. The summed E-state index contributed by atoms with van der Waals surface area (Å²) in [5.74, 6) is 0.875. The molecule has 6 heteroatoms. The summed E-state index contributed by atoms with van der Waals surface area (Å²) in [6.07, 6.45) is 3.86. The van der Waals surface area contributed by atoms with E-state index in [2.05, 4.69) is 4.98 Å². The molecule has 1 atom stereocenters. The zero-order valence-corrected chi connectivity index (χ0v) is 17.6. The lowest BCUT2D eigenvalue weighted by atomic mass is 10.1. The third kappa shape index (κ3) is 6.69. The summed E-state index contributed by atoms with van der Waals surface area (Å²) in [4.78, 5) is 19.0. The molecule has 3 aromatic rings. The average molecular weight is 411 g/mol. The van der Waals surface area contributed by atoms with E-state index < -0.39 is 0 Å². The van der Waals surface area contributed by atoms with E-state index >= 15 is 0 Å². The Balaban J connectivity index is 1.74. The van der Waals surface area contributed by atoms with Crippen LogP contribution in [0.2, 0.25) is 0 Å². The molecule has 1 aromatic carbocycles. The smallest absolute Gasteiger partial charge is 0.227 e.